The van der Waals surface area contributed by atoms with Crippen LogP contribution in [-0.2, 0) is 10.0 Å². The molecule has 2 rings (SSSR count). The van der Waals surface area contributed by atoms with Crippen LogP contribution in [0, 0.1) is 20.8 Å². The van der Waals surface area contributed by atoms with Gasteiger partial charge in [-0.05, 0) is 50.1 Å². The van der Waals surface area contributed by atoms with E-state index < -0.39 is 16.0 Å². The molecule has 0 heterocycles. The minimum Gasteiger partial charge on any atom is -0.478 e. The topological polar surface area (TPSA) is 83.5 Å². The first-order valence-corrected chi connectivity index (χ1v) is 8.61. The number of anilines is 1. The van der Waals surface area contributed by atoms with E-state index in [9.17, 15) is 13.2 Å². The molecule has 0 bridgehead atoms. The molecule has 0 aliphatic carbocycles. The van der Waals surface area contributed by atoms with Crippen molar-refractivity contribution in [2.75, 3.05) is 4.72 Å². The average Bonchev–Trinajstić information content (AvgIpc) is 2.38. The number of hydrogen-bond acceptors (Lipinski definition) is 3. The second-order valence-corrected chi connectivity index (χ2v) is 7.36. The van der Waals surface area contributed by atoms with E-state index in [0.717, 1.165) is 5.56 Å². The number of benzene rings is 2. The maximum absolute atomic E-state index is 12.6. The van der Waals surface area contributed by atoms with E-state index >= 15 is 0 Å². The van der Waals surface area contributed by atoms with Crippen molar-refractivity contribution in [3.63, 3.8) is 0 Å². The van der Waals surface area contributed by atoms with Gasteiger partial charge >= 0.3 is 5.97 Å². The third-order valence-corrected chi connectivity index (χ3v) is 5.34. The van der Waals surface area contributed by atoms with Crippen molar-refractivity contribution in [3.8, 4) is 0 Å². The number of halogens is 1. The zero-order chi connectivity index (χ0) is 17.4. The summed E-state index contributed by atoms with van der Waals surface area (Å²) in [6.45, 7) is 5.33. The highest BCUT2D eigenvalue weighted by Crippen LogP contribution is 2.26. The van der Waals surface area contributed by atoms with Gasteiger partial charge in [-0.15, -0.1) is 0 Å². The third kappa shape index (κ3) is 3.65. The van der Waals surface area contributed by atoms with E-state index in [1.807, 2.05) is 6.92 Å². The summed E-state index contributed by atoms with van der Waals surface area (Å²) < 4.78 is 27.7. The van der Waals surface area contributed by atoms with Gasteiger partial charge < -0.3 is 5.11 Å². The fraction of sp³-hybridized carbons (Fsp3) is 0.188. The summed E-state index contributed by atoms with van der Waals surface area (Å²) in [6, 6.07) is 7.53. The van der Waals surface area contributed by atoms with Gasteiger partial charge in [-0.2, -0.15) is 0 Å². The number of carboxylic acid groups (broad SMARTS) is 1. The van der Waals surface area contributed by atoms with Crippen LogP contribution in [0.2, 0.25) is 5.02 Å². The smallest absolute Gasteiger partial charge is 0.337 e. The molecule has 0 aliphatic rings. The number of rotatable bonds is 4. The van der Waals surface area contributed by atoms with Crippen LogP contribution < -0.4 is 4.72 Å². The van der Waals surface area contributed by atoms with Gasteiger partial charge in [0, 0.05) is 5.69 Å². The highest BCUT2D eigenvalue weighted by molar-refractivity contribution is 7.92. The van der Waals surface area contributed by atoms with Gasteiger partial charge in [0.15, 0.2) is 0 Å². The van der Waals surface area contributed by atoms with Crippen LogP contribution in [0.1, 0.15) is 27.0 Å². The molecule has 5 nitrogen and oxygen atoms in total. The van der Waals surface area contributed by atoms with Crippen molar-refractivity contribution < 1.29 is 18.3 Å². The standard InChI is InChI=1S/C16H16ClNO4S/c1-9-6-10(2)15(11(3)7-9)23(21,22)18-12-4-5-14(17)13(8-12)16(19)20/h4-8,18H,1-3H3,(H,19,20). The molecule has 0 atom stereocenters. The van der Waals surface area contributed by atoms with Gasteiger partial charge in [0.25, 0.3) is 10.0 Å². The van der Waals surface area contributed by atoms with Crippen molar-refractivity contribution >= 4 is 33.3 Å². The van der Waals surface area contributed by atoms with E-state index in [0.29, 0.717) is 11.1 Å². The van der Waals surface area contributed by atoms with Crippen molar-refractivity contribution in [3.05, 3.63) is 57.6 Å². The Morgan fingerprint density at radius 1 is 1.09 bits per heavy atom. The predicted octanol–water partition coefficient (Wildman–Crippen LogP) is 3.76. The van der Waals surface area contributed by atoms with E-state index in [1.165, 1.54) is 18.2 Å². The Bertz CT molecular complexity index is 868. The number of sulfonamides is 1. The first-order valence-electron chi connectivity index (χ1n) is 6.75. The lowest BCUT2D eigenvalue weighted by atomic mass is 10.1. The van der Waals surface area contributed by atoms with Crippen LogP contribution in [0.25, 0.3) is 0 Å². The largest absolute Gasteiger partial charge is 0.478 e. The lowest BCUT2D eigenvalue weighted by Gasteiger charge is -2.14. The number of aromatic carboxylic acids is 1. The minimum atomic E-state index is -3.83. The van der Waals surface area contributed by atoms with Crippen LogP contribution in [-0.4, -0.2) is 19.5 Å². The highest BCUT2D eigenvalue weighted by atomic mass is 35.5. The zero-order valence-electron chi connectivity index (χ0n) is 12.8. The summed E-state index contributed by atoms with van der Waals surface area (Å²) >= 11 is 5.79. The van der Waals surface area contributed by atoms with Crippen LogP contribution >= 0.6 is 11.6 Å². The van der Waals surface area contributed by atoms with Gasteiger partial charge in [0.1, 0.15) is 0 Å². The molecule has 2 N–H and O–H groups in total. The minimum absolute atomic E-state index is 0.0446. The van der Waals surface area contributed by atoms with Crippen molar-refractivity contribution in [1.29, 1.82) is 0 Å². The van der Waals surface area contributed by atoms with Gasteiger partial charge in [0.05, 0.1) is 15.5 Å². The maximum atomic E-state index is 12.6. The molecule has 0 aromatic heterocycles. The maximum Gasteiger partial charge on any atom is 0.337 e. The van der Waals surface area contributed by atoms with E-state index in [1.54, 1.807) is 26.0 Å². The van der Waals surface area contributed by atoms with Crippen molar-refractivity contribution in [2.45, 2.75) is 25.7 Å². The number of carboxylic acids is 1. The first-order chi connectivity index (χ1) is 10.6. The van der Waals surface area contributed by atoms with Gasteiger partial charge in [-0.1, -0.05) is 29.3 Å². The Labute approximate surface area is 140 Å². The summed E-state index contributed by atoms with van der Waals surface area (Å²) in [6.07, 6.45) is 0. The molecule has 0 spiro atoms. The van der Waals surface area contributed by atoms with Crippen molar-refractivity contribution in [2.24, 2.45) is 0 Å². The zero-order valence-corrected chi connectivity index (χ0v) is 14.4. The average molecular weight is 354 g/mol. The number of nitrogens with one attached hydrogen (secondary N) is 1. The fourth-order valence-corrected chi connectivity index (χ4v) is 4.25. The van der Waals surface area contributed by atoms with Crippen LogP contribution in [0.15, 0.2) is 35.2 Å². The normalized spacial score (nSPS) is 11.3. The second kappa shape index (κ2) is 6.22. The molecular formula is C16H16ClNO4S. The monoisotopic (exact) mass is 353 g/mol. The molecule has 0 aliphatic heterocycles. The summed E-state index contributed by atoms with van der Waals surface area (Å²) in [7, 11) is -3.83. The summed E-state index contributed by atoms with van der Waals surface area (Å²) in [4.78, 5) is 11.3. The second-order valence-electron chi connectivity index (χ2n) is 5.33. The van der Waals surface area contributed by atoms with Crippen LogP contribution in [0.3, 0.4) is 0 Å². The Kier molecular flexibility index (Phi) is 4.68. The van der Waals surface area contributed by atoms with Crippen LogP contribution in [0.5, 0.6) is 0 Å². The summed E-state index contributed by atoms with van der Waals surface area (Å²) in [5.41, 5.74) is 2.21. The van der Waals surface area contributed by atoms with Crippen molar-refractivity contribution in [1.82, 2.24) is 0 Å². The van der Waals surface area contributed by atoms with Gasteiger partial charge in [-0.25, -0.2) is 13.2 Å². The molecular weight excluding hydrogens is 338 g/mol. The molecule has 23 heavy (non-hydrogen) atoms. The molecule has 2 aromatic carbocycles. The lowest BCUT2D eigenvalue weighted by molar-refractivity contribution is 0.0697. The Morgan fingerprint density at radius 2 is 1.65 bits per heavy atom. The van der Waals surface area contributed by atoms with Gasteiger partial charge in [0.2, 0.25) is 0 Å². The first kappa shape index (κ1) is 17.3. The molecule has 122 valence electrons. The van der Waals surface area contributed by atoms with E-state index in [4.69, 9.17) is 16.7 Å². The Hall–Kier alpha value is -2.05. The molecule has 0 radical (unpaired) electrons. The predicted molar refractivity (Wildman–Crippen MR) is 89.9 cm³/mol. The summed E-state index contributed by atoms with van der Waals surface area (Å²) in [5, 5.41) is 9.11. The molecule has 0 saturated heterocycles. The molecule has 0 unspecified atom stereocenters. The molecule has 0 saturated carbocycles. The number of hydrogen-bond donors (Lipinski definition) is 2. The SMILES string of the molecule is Cc1cc(C)c(S(=O)(=O)Nc2ccc(Cl)c(C(=O)O)c2)c(C)c1. The molecule has 0 fully saturated rings. The molecule has 0 amide bonds. The lowest BCUT2D eigenvalue weighted by Crippen LogP contribution is -2.16. The Morgan fingerprint density at radius 3 is 2.17 bits per heavy atom. The fourth-order valence-electron chi connectivity index (χ4n) is 2.55. The molecule has 7 heteroatoms. The third-order valence-electron chi connectivity index (χ3n) is 3.32. The Balaban J connectivity index is 2.48. The van der Waals surface area contributed by atoms with E-state index in [-0.39, 0.29) is 21.2 Å². The number of aryl methyl sites for hydroxylation is 3. The van der Waals surface area contributed by atoms with E-state index in [2.05, 4.69) is 4.72 Å². The molecule has 2 aromatic rings. The van der Waals surface area contributed by atoms with Crippen LogP contribution in [0.4, 0.5) is 5.69 Å². The highest BCUT2D eigenvalue weighted by Gasteiger charge is 2.21. The summed E-state index contributed by atoms with van der Waals surface area (Å²) in [5.74, 6) is -1.22. The number of carbonyl (C=O) groups is 1. The van der Waals surface area contributed by atoms with Gasteiger partial charge in [-0.3, -0.25) is 4.72 Å². The quantitative estimate of drug-likeness (QED) is 0.876.